The van der Waals surface area contributed by atoms with Gasteiger partial charge in [-0.2, -0.15) is 5.26 Å². The molecule has 1 N–H and O–H groups in total. The number of ether oxygens (including phenoxy) is 1. The Hall–Kier alpha value is -2.06. The van der Waals surface area contributed by atoms with E-state index in [4.69, 9.17) is 10.00 Å². The van der Waals surface area contributed by atoms with Gasteiger partial charge in [-0.1, -0.05) is 0 Å². The second-order valence-electron chi connectivity index (χ2n) is 4.44. The third-order valence-corrected chi connectivity index (χ3v) is 3.40. The van der Waals surface area contributed by atoms with Gasteiger partial charge in [0.05, 0.1) is 18.8 Å². The highest BCUT2D eigenvalue weighted by Gasteiger charge is 2.23. The standard InChI is InChI=1S/C13H14N4O/c1-18-10-2-3-12-11(6-14)16-13(17(12)8-10)9-4-5-15-7-9/h2-3,8-9,15H,4-5,7H2,1H3. The van der Waals surface area contributed by atoms with E-state index in [1.807, 2.05) is 22.7 Å². The molecule has 0 aliphatic carbocycles. The third-order valence-electron chi connectivity index (χ3n) is 3.40. The minimum absolute atomic E-state index is 0.367. The molecule has 1 aliphatic rings. The van der Waals surface area contributed by atoms with E-state index in [2.05, 4.69) is 16.4 Å². The first-order chi connectivity index (χ1) is 8.83. The lowest BCUT2D eigenvalue weighted by Crippen LogP contribution is -2.10. The fourth-order valence-electron chi connectivity index (χ4n) is 2.46. The minimum Gasteiger partial charge on any atom is -0.495 e. The molecule has 1 aliphatic heterocycles. The molecule has 1 fully saturated rings. The zero-order valence-corrected chi connectivity index (χ0v) is 10.2. The first-order valence-electron chi connectivity index (χ1n) is 6.00. The molecule has 1 unspecified atom stereocenters. The van der Waals surface area contributed by atoms with E-state index >= 15 is 0 Å². The van der Waals surface area contributed by atoms with Crippen molar-refractivity contribution in [1.29, 1.82) is 5.26 Å². The average Bonchev–Trinajstić information content (AvgIpc) is 3.04. The van der Waals surface area contributed by atoms with Gasteiger partial charge >= 0.3 is 0 Å². The van der Waals surface area contributed by atoms with Gasteiger partial charge in [-0.05, 0) is 25.1 Å². The maximum absolute atomic E-state index is 9.15. The summed E-state index contributed by atoms with van der Waals surface area (Å²) in [6, 6.07) is 5.90. The van der Waals surface area contributed by atoms with Crippen LogP contribution in [0.2, 0.25) is 0 Å². The predicted molar refractivity (Wildman–Crippen MR) is 66.7 cm³/mol. The average molecular weight is 242 g/mol. The van der Waals surface area contributed by atoms with E-state index in [-0.39, 0.29) is 0 Å². The Morgan fingerprint density at radius 1 is 1.56 bits per heavy atom. The highest BCUT2D eigenvalue weighted by Crippen LogP contribution is 2.26. The smallest absolute Gasteiger partial charge is 0.166 e. The Morgan fingerprint density at radius 2 is 2.44 bits per heavy atom. The summed E-state index contributed by atoms with van der Waals surface area (Å²) >= 11 is 0. The van der Waals surface area contributed by atoms with Crippen LogP contribution < -0.4 is 10.1 Å². The molecule has 0 spiro atoms. The van der Waals surface area contributed by atoms with E-state index in [1.54, 1.807) is 7.11 Å². The second kappa shape index (κ2) is 4.31. The molecule has 0 saturated carbocycles. The van der Waals surface area contributed by atoms with Crippen LogP contribution in [0.25, 0.3) is 5.52 Å². The first-order valence-corrected chi connectivity index (χ1v) is 6.00. The van der Waals surface area contributed by atoms with Gasteiger partial charge in [0.25, 0.3) is 0 Å². The number of methoxy groups -OCH3 is 1. The minimum atomic E-state index is 0.367. The number of rotatable bonds is 2. The Morgan fingerprint density at radius 3 is 3.11 bits per heavy atom. The number of pyridine rings is 1. The summed E-state index contributed by atoms with van der Waals surface area (Å²) in [5.74, 6) is 2.09. The van der Waals surface area contributed by atoms with Crippen molar-refractivity contribution < 1.29 is 4.74 Å². The van der Waals surface area contributed by atoms with Crippen LogP contribution in [-0.4, -0.2) is 29.6 Å². The Bertz CT molecular complexity index is 620. The van der Waals surface area contributed by atoms with E-state index in [0.29, 0.717) is 11.6 Å². The number of fused-ring (bicyclic) bond motifs is 1. The van der Waals surface area contributed by atoms with Crippen molar-refractivity contribution >= 4 is 5.52 Å². The number of aromatic nitrogens is 2. The van der Waals surface area contributed by atoms with Crippen LogP contribution >= 0.6 is 0 Å². The molecular formula is C13H14N4O. The predicted octanol–water partition coefficient (Wildman–Crippen LogP) is 1.29. The first kappa shape index (κ1) is 11.1. The number of hydrogen-bond acceptors (Lipinski definition) is 4. The van der Waals surface area contributed by atoms with Crippen LogP contribution in [0.3, 0.4) is 0 Å². The van der Waals surface area contributed by atoms with Crippen molar-refractivity contribution in [1.82, 2.24) is 14.7 Å². The summed E-state index contributed by atoms with van der Waals surface area (Å²) in [5.41, 5.74) is 1.33. The molecule has 0 amide bonds. The molecule has 3 rings (SSSR count). The summed E-state index contributed by atoms with van der Waals surface area (Å²) < 4.78 is 7.22. The number of hydrogen-bond donors (Lipinski definition) is 1. The van der Waals surface area contributed by atoms with Gasteiger partial charge in [0.2, 0.25) is 0 Å². The summed E-state index contributed by atoms with van der Waals surface area (Å²) in [6.07, 6.45) is 2.96. The van der Waals surface area contributed by atoms with Crippen molar-refractivity contribution in [2.45, 2.75) is 12.3 Å². The van der Waals surface area contributed by atoms with Crippen molar-refractivity contribution in [2.24, 2.45) is 0 Å². The summed E-state index contributed by atoms with van der Waals surface area (Å²) in [6.45, 7) is 1.92. The Balaban J connectivity index is 2.20. The molecule has 5 heteroatoms. The number of nitrogens with one attached hydrogen (secondary N) is 1. The summed E-state index contributed by atoms with van der Waals surface area (Å²) in [5, 5.41) is 12.5. The van der Waals surface area contributed by atoms with Crippen molar-refractivity contribution in [3.63, 3.8) is 0 Å². The van der Waals surface area contributed by atoms with Gasteiger partial charge in [-0.3, -0.25) is 4.40 Å². The molecular weight excluding hydrogens is 228 g/mol. The molecule has 1 saturated heterocycles. The van der Waals surface area contributed by atoms with Crippen molar-refractivity contribution in [3.05, 3.63) is 29.8 Å². The lowest BCUT2D eigenvalue weighted by atomic mass is 10.1. The van der Waals surface area contributed by atoms with Gasteiger partial charge in [-0.15, -0.1) is 0 Å². The Kier molecular flexibility index (Phi) is 2.65. The van der Waals surface area contributed by atoms with Crippen molar-refractivity contribution in [2.75, 3.05) is 20.2 Å². The lowest BCUT2D eigenvalue weighted by Gasteiger charge is -2.08. The molecule has 0 aromatic carbocycles. The molecule has 2 aromatic heterocycles. The maximum atomic E-state index is 9.15. The van der Waals surface area contributed by atoms with Crippen LogP contribution in [0.4, 0.5) is 0 Å². The lowest BCUT2D eigenvalue weighted by molar-refractivity contribution is 0.412. The highest BCUT2D eigenvalue weighted by molar-refractivity contribution is 5.60. The van der Waals surface area contributed by atoms with Gasteiger partial charge in [0, 0.05) is 12.5 Å². The van der Waals surface area contributed by atoms with Crippen LogP contribution in [0.15, 0.2) is 18.3 Å². The fraction of sp³-hybridized carbons (Fsp3) is 0.385. The van der Waals surface area contributed by atoms with Crippen LogP contribution in [-0.2, 0) is 0 Å². The van der Waals surface area contributed by atoms with Crippen LogP contribution in [0, 0.1) is 11.3 Å². The maximum Gasteiger partial charge on any atom is 0.166 e. The van der Waals surface area contributed by atoms with Gasteiger partial charge in [0.1, 0.15) is 17.6 Å². The molecule has 0 bridgehead atoms. The fourth-order valence-corrected chi connectivity index (χ4v) is 2.46. The van der Waals surface area contributed by atoms with Gasteiger partial charge in [0.15, 0.2) is 5.69 Å². The molecule has 18 heavy (non-hydrogen) atoms. The normalized spacial score (nSPS) is 19.0. The SMILES string of the molecule is COc1ccc2c(C#N)nc(C3CCNC3)n2c1. The molecule has 92 valence electrons. The second-order valence-corrected chi connectivity index (χ2v) is 4.44. The Labute approximate surface area is 105 Å². The quantitative estimate of drug-likeness (QED) is 0.862. The molecule has 0 radical (unpaired) electrons. The monoisotopic (exact) mass is 242 g/mol. The largest absolute Gasteiger partial charge is 0.495 e. The van der Waals surface area contributed by atoms with E-state index in [1.165, 1.54) is 0 Å². The molecule has 5 nitrogen and oxygen atoms in total. The summed E-state index contributed by atoms with van der Waals surface area (Å²) in [7, 11) is 1.64. The number of imidazole rings is 1. The molecule has 1 atom stereocenters. The zero-order chi connectivity index (χ0) is 12.5. The van der Waals surface area contributed by atoms with Gasteiger partial charge in [-0.25, -0.2) is 4.98 Å². The highest BCUT2D eigenvalue weighted by atomic mass is 16.5. The summed E-state index contributed by atoms with van der Waals surface area (Å²) in [4.78, 5) is 4.47. The third kappa shape index (κ3) is 1.62. The topological polar surface area (TPSA) is 62.3 Å². The zero-order valence-electron chi connectivity index (χ0n) is 10.2. The molecule has 3 heterocycles. The van der Waals surface area contributed by atoms with E-state index in [0.717, 1.165) is 36.6 Å². The van der Waals surface area contributed by atoms with Crippen molar-refractivity contribution in [3.8, 4) is 11.8 Å². The van der Waals surface area contributed by atoms with E-state index < -0.39 is 0 Å². The molecule has 2 aromatic rings. The van der Waals surface area contributed by atoms with Crippen LogP contribution in [0.1, 0.15) is 23.9 Å². The number of nitriles is 1. The van der Waals surface area contributed by atoms with Gasteiger partial charge < -0.3 is 10.1 Å². The van der Waals surface area contributed by atoms with E-state index in [9.17, 15) is 0 Å². The van der Waals surface area contributed by atoms with Crippen LogP contribution in [0.5, 0.6) is 5.75 Å². The number of nitrogens with zero attached hydrogens (tertiary/aromatic N) is 3.